The van der Waals surface area contributed by atoms with Crippen LogP contribution >= 0.6 is 0 Å². The maximum atomic E-state index is 12.8. The molecule has 0 spiro atoms. The van der Waals surface area contributed by atoms with Crippen molar-refractivity contribution in [2.24, 2.45) is 0 Å². The van der Waals surface area contributed by atoms with Gasteiger partial charge < -0.3 is 34.0 Å². The zero-order valence-corrected chi connectivity index (χ0v) is 19.1. The van der Waals surface area contributed by atoms with E-state index in [1.165, 1.54) is 32.6 Å². The standard InChI is InChI=1S/C25H26N2O7/c1-30-18-6-4-7-19(15-18)34-13-11-26-25(29)21(16-20-8-5-12-33-20)27-24(28)17-9-10-22(31-2)23(14-17)32-3/h4-10,12,14-16H,11,13H2,1-3H3,(H,26,29)(H,27,28)/b21-16-. The van der Waals surface area contributed by atoms with Gasteiger partial charge in [-0.1, -0.05) is 6.07 Å². The van der Waals surface area contributed by atoms with E-state index in [1.807, 2.05) is 0 Å². The fourth-order valence-corrected chi connectivity index (χ4v) is 2.97. The molecule has 178 valence electrons. The molecule has 1 heterocycles. The molecule has 34 heavy (non-hydrogen) atoms. The molecule has 2 N–H and O–H groups in total. The molecular weight excluding hydrogens is 440 g/mol. The van der Waals surface area contributed by atoms with E-state index in [-0.39, 0.29) is 24.4 Å². The Kier molecular flexibility index (Phi) is 8.56. The maximum Gasteiger partial charge on any atom is 0.268 e. The maximum absolute atomic E-state index is 12.8. The predicted octanol–water partition coefficient (Wildman–Crippen LogP) is 3.27. The van der Waals surface area contributed by atoms with Crippen LogP contribution in [-0.4, -0.2) is 46.3 Å². The summed E-state index contributed by atoms with van der Waals surface area (Å²) in [6.45, 7) is 0.425. The number of carbonyl (C=O) groups excluding carboxylic acids is 2. The van der Waals surface area contributed by atoms with Crippen molar-refractivity contribution in [3.05, 3.63) is 77.9 Å². The van der Waals surface area contributed by atoms with E-state index in [2.05, 4.69) is 10.6 Å². The van der Waals surface area contributed by atoms with Crippen molar-refractivity contribution in [2.75, 3.05) is 34.5 Å². The number of hydrogen-bond acceptors (Lipinski definition) is 7. The summed E-state index contributed by atoms with van der Waals surface area (Å²) >= 11 is 0. The first-order valence-corrected chi connectivity index (χ1v) is 10.4. The summed E-state index contributed by atoms with van der Waals surface area (Å²) in [6.07, 6.45) is 2.91. The van der Waals surface area contributed by atoms with Gasteiger partial charge in [0.05, 0.1) is 34.1 Å². The van der Waals surface area contributed by atoms with Crippen LogP contribution in [0.25, 0.3) is 6.08 Å². The number of ether oxygens (including phenoxy) is 4. The quantitative estimate of drug-likeness (QED) is 0.330. The van der Waals surface area contributed by atoms with Crippen molar-refractivity contribution in [3.8, 4) is 23.0 Å². The summed E-state index contributed by atoms with van der Waals surface area (Å²) < 4.78 is 26.5. The van der Waals surface area contributed by atoms with Crippen LogP contribution in [-0.2, 0) is 4.79 Å². The minimum Gasteiger partial charge on any atom is -0.497 e. The Labute approximate surface area is 197 Å². The van der Waals surface area contributed by atoms with E-state index < -0.39 is 11.8 Å². The van der Waals surface area contributed by atoms with E-state index in [4.69, 9.17) is 23.4 Å². The van der Waals surface area contributed by atoms with Crippen molar-refractivity contribution in [1.29, 1.82) is 0 Å². The second-order valence-corrected chi connectivity index (χ2v) is 6.88. The normalized spacial score (nSPS) is 10.9. The third-order valence-electron chi connectivity index (χ3n) is 4.67. The topological polar surface area (TPSA) is 108 Å². The van der Waals surface area contributed by atoms with E-state index in [0.29, 0.717) is 28.8 Å². The van der Waals surface area contributed by atoms with Crippen LogP contribution in [0.1, 0.15) is 16.1 Å². The minimum atomic E-state index is -0.500. The van der Waals surface area contributed by atoms with Gasteiger partial charge in [-0.3, -0.25) is 9.59 Å². The Bertz CT molecular complexity index is 1140. The molecule has 0 aliphatic heterocycles. The molecule has 0 bridgehead atoms. The molecule has 9 heteroatoms. The molecule has 0 aliphatic carbocycles. The number of benzene rings is 2. The number of carbonyl (C=O) groups is 2. The summed E-state index contributed by atoms with van der Waals surface area (Å²) in [5.74, 6) is 1.57. The van der Waals surface area contributed by atoms with E-state index in [9.17, 15) is 9.59 Å². The highest BCUT2D eigenvalue weighted by atomic mass is 16.5. The first-order chi connectivity index (χ1) is 16.5. The third kappa shape index (κ3) is 6.55. The fourth-order valence-electron chi connectivity index (χ4n) is 2.97. The highest BCUT2D eigenvalue weighted by Crippen LogP contribution is 2.27. The molecule has 0 aliphatic rings. The molecule has 2 aromatic carbocycles. The highest BCUT2D eigenvalue weighted by Gasteiger charge is 2.17. The number of hydrogen-bond donors (Lipinski definition) is 2. The van der Waals surface area contributed by atoms with Gasteiger partial charge >= 0.3 is 0 Å². The molecule has 3 rings (SSSR count). The number of nitrogens with one attached hydrogen (secondary N) is 2. The third-order valence-corrected chi connectivity index (χ3v) is 4.67. The van der Waals surface area contributed by atoms with Crippen molar-refractivity contribution in [3.63, 3.8) is 0 Å². The van der Waals surface area contributed by atoms with Gasteiger partial charge in [0.25, 0.3) is 11.8 Å². The predicted molar refractivity (Wildman–Crippen MR) is 125 cm³/mol. The Morgan fingerprint density at radius 2 is 1.71 bits per heavy atom. The largest absolute Gasteiger partial charge is 0.497 e. The molecule has 0 unspecified atom stereocenters. The first-order valence-electron chi connectivity index (χ1n) is 10.4. The lowest BCUT2D eigenvalue weighted by molar-refractivity contribution is -0.117. The second-order valence-electron chi connectivity index (χ2n) is 6.88. The molecule has 0 saturated carbocycles. The summed E-state index contributed by atoms with van der Waals surface area (Å²) in [7, 11) is 4.55. The summed E-state index contributed by atoms with van der Waals surface area (Å²) in [5.41, 5.74) is 0.299. The monoisotopic (exact) mass is 466 g/mol. The molecule has 0 saturated heterocycles. The van der Waals surface area contributed by atoms with Crippen molar-refractivity contribution >= 4 is 17.9 Å². The van der Waals surface area contributed by atoms with Crippen LogP contribution < -0.4 is 29.6 Å². The van der Waals surface area contributed by atoms with Gasteiger partial charge in [-0.15, -0.1) is 0 Å². The number of rotatable bonds is 11. The lowest BCUT2D eigenvalue weighted by Crippen LogP contribution is -2.36. The van der Waals surface area contributed by atoms with Crippen molar-refractivity contribution in [2.45, 2.75) is 0 Å². The van der Waals surface area contributed by atoms with Crippen LogP contribution in [0.2, 0.25) is 0 Å². The second kappa shape index (κ2) is 12.0. The van der Waals surface area contributed by atoms with Crippen LogP contribution in [0.15, 0.2) is 71.0 Å². The lowest BCUT2D eigenvalue weighted by Gasteiger charge is -2.13. The average molecular weight is 466 g/mol. The molecular formula is C25H26N2O7. The van der Waals surface area contributed by atoms with Crippen LogP contribution in [0.3, 0.4) is 0 Å². The molecule has 1 aromatic heterocycles. The van der Waals surface area contributed by atoms with E-state index in [1.54, 1.807) is 55.6 Å². The Morgan fingerprint density at radius 1 is 0.912 bits per heavy atom. The number of methoxy groups -OCH3 is 3. The SMILES string of the molecule is COc1cccc(OCCNC(=O)/C(=C/c2ccco2)NC(=O)c2ccc(OC)c(OC)c2)c1. The highest BCUT2D eigenvalue weighted by molar-refractivity contribution is 6.05. The Morgan fingerprint density at radius 3 is 2.41 bits per heavy atom. The molecule has 9 nitrogen and oxygen atoms in total. The molecule has 3 aromatic rings. The van der Waals surface area contributed by atoms with Gasteiger partial charge in [-0.05, 0) is 42.5 Å². The van der Waals surface area contributed by atoms with E-state index >= 15 is 0 Å². The molecule has 0 atom stereocenters. The molecule has 0 radical (unpaired) electrons. The van der Waals surface area contributed by atoms with Gasteiger partial charge in [0.1, 0.15) is 29.6 Å². The number of furan rings is 1. The molecule has 0 fully saturated rings. The van der Waals surface area contributed by atoms with E-state index in [0.717, 1.165) is 0 Å². The zero-order valence-electron chi connectivity index (χ0n) is 19.1. The van der Waals surface area contributed by atoms with Gasteiger partial charge in [0, 0.05) is 17.7 Å². The van der Waals surface area contributed by atoms with Crippen LogP contribution in [0.4, 0.5) is 0 Å². The number of amides is 2. The smallest absolute Gasteiger partial charge is 0.268 e. The van der Waals surface area contributed by atoms with Crippen LogP contribution in [0.5, 0.6) is 23.0 Å². The summed E-state index contributed by atoms with van der Waals surface area (Å²) in [6, 6.07) is 15.2. The minimum absolute atomic E-state index is 0.0103. The van der Waals surface area contributed by atoms with Crippen molar-refractivity contribution in [1.82, 2.24) is 10.6 Å². The van der Waals surface area contributed by atoms with Gasteiger partial charge in [-0.2, -0.15) is 0 Å². The zero-order chi connectivity index (χ0) is 24.3. The average Bonchev–Trinajstić information content (AvgIpc) is 3.38. The molecule has 2 amide bonds. The fraction of sp³-hybridized carbons (Fsp3) is 0.200. The first kappa shape index (κ1) is 24.2. The van der Waals surface area contributed by atoms with Gasteiger partial charge in [-0.25, -0.2) is 0 Å². The Hall–Kier alpha value is -4.40. The summed E-state index contributed by atoms with van der Waals surface area (Å²) in [5, 5.41) is 5.36. The lowest BCUT2D eigenvalue weighted by atomic mass is 10.1. The van der Waals surface area contributed by atoms with Gasteiger partial charge in [0.2, 0.25) is 0 Å². The van der Waals surface area contributed by atoms with Crippen LogP contribution in [0, 0.1) is 0 Å². The Balaban J connectivity index is 1.66. The van der Waals surface area contributed by atoms with Crippen molar-refractivity contribution < 1.29 is 33.0 Å². The summed E-state index contributed by atoms with van der Waals surface area (Å²) in [4.78, 5) is 25.7. The van der Waals surface area contributed by atoms with Gasteiger partial charge in [0.15, 0.2) is 11.5 Å².